The Hall–Kier alpha value is -3.72. The molecule has 0 unspecified atom stereocenters. The molecule has 9 nitrogen and oxygen atoms in total. The van der Waals surface area contributed by atoms with E-state index in [1.165, 1.54) is 9.13 Å². The van der Waals surface area contributed by atoms with Crippen molar-refractivity contribution in [1.29, 1.82) is 0 Å². The van der Waals surface area contributed by atoms with Crippen molar-refractivity contribution in [2.75, 3.05) is 18.0 Å². The van der Waals surface area contributed by atoms with Crippen LogP contribution in [0.4, 0.5) is 5.95 Å². The largest absolute Gasteiger partial charge is 0.341 e. The summed E-state index contributed by atoms with van der Waals surface area (Å²) in [5, 5.41) is 2.00. The van der Waals surface area contributed by atoms with Gasteiger partial charge in [-0.3, -0.25) is 18.9 Å². The molecule has 4 aromatic rings. The van der Waals surface area contributed by atoms with Gasteiger partial charge in [-0.2, -0.15) is 4.98 Å². The van der Waals surface area contributed by atoms with Gasteiger partial charge in [0.05, 0.1) is 12.2 Å². The molecule has 0 amide bonds. The lowest BCUT2D eigenvalue weighted by molar-refractivity contribution is 0.495. The van der Waals surface area contributed by atoms with E-state index >= 15 is 0 Å². The zero-order chi connectivity index (χ0) is 24.7. The standard InChI is InChI=1S/C26H31N7O2/c1-4-5-13-32-22-23(29-25(32)31-12-8-9-18(27)15-31)30(3)26(35)33(24(22)34)16-21-20-11-7-6-10-19(20)17(2)14-28-21/h4-7,10-11,14,18H,8-9,12-13,15-16,27H2,1-3H3/t18-/m0/s1. The van der Waals surface area contributed by atoms with Crippen molar-refractivity contribution >= 4 is 27.9 Å². The first-order valence-electron chi connectivity index (χ1n) is 12.1. The highest BCUT2D eigenvalue weighted by Gasteiger charge is 2.26. The molecule has 1 saturated heterocycles. The average molecular weight is 474 g/mol. The minimum atomic E-state index is -0.411. The predicted octanol–water partition coefficient (Wildman–Crippen LogP) is 2.31. The summed E-state index contributed by atoms with van der Waals surface area (Å²) in [5.74, 6) is 0.678. The SMILES string of the molecule is CC=CCn1c(N2CCC[C@H](N)C2)nc2c1c(=O)n(Cc1ncc(C)c3ccccc13)c(=O)n2C. The van der Waals surface area contributed by atoms with Gasteiger partial charge < -0.3 is 15.2 Å². The fourth-order valence-electron chi connectivity index (χ4n) is 4.98. The molecule has 1 fully saturated rings. The molecular formula is C26H31N7O2. The van der Waals surface area contributed by atoms with Crippen molar-refractivity contribution in [1.82, 2.24) is 23.7 Å². The van der Waals surface area contributed by atoms with E-state index in [1.54, 1.807) is 13.2 Å². The van der Waals surface area contributed by atoms with E-state index < -0.39 is 5.69 Å². The van der Waals surface area contributed by atoms with Crippen LogP contribution in [-0.2, 0) is 20.1 Å². The third-order valence-corrected chi connectivity index (χ3v) is 6.86. The van der Waals surface area contributed by atoms with Gasteiger partial charge in [-0.25, -0.2) is 4.79 Å². The summed E-state index contributed by atoms with van der Waals surface area (Å²) < 4.78 is 4.64. The van der Waals surface area contributed by atoms with Gasteiger partial charge in [0.15, 0.2) is 11.2 Å². The molecule has 0 spiro atoms. The molecule has 0 saturated carbocycles. The maximum atomic E-state index is 13.8. The van der Waals surface area contributed by atoms with Crippen LogP contribution in [0.3, 0.4) is 0 Å². The highest BCUT2D eigenvalue weighted by atomic mass is 16.2. The van der Waals surface area contributed by atoms with E-state index in [0.717, 1.165) is 35.7 Å². The second kappa shape index (κ2) is 9.14. The van der Waals surface area contributed by atoms with Crippen LogP contribution in [0.25, 0.3) is 21.9 Å². The number of imidazole rings is 1. The summed E-state index contributed by atoms with van der Waals surface area (Å²) in [4.78, 5) is 38.7. The first-order chi connectivity index (χ1) is 16.9. The first-order valence-corrected chi connectivity index (χ1v) is 12.1. The van der Waals surface area contributed by atoms with E-state index in [1.807, 2.05) is 54.8 Å². The maximum absolute atomic E-state index is 13.8. The Morgan fingerprint density at radius 3 is 2.69 bits per heavy atom. The lowest BCUT2D eigenvalue weighted by atomic mass is 10.1. The number of hydrogen-bond donors (Lipinski definition) is 1. The Labute approximate surface area is 203 Å². The Kier molecular flexibility index (Phi) is 6.02. The van der Waals surface area contributed by atoms with Gasteiger partial charge in [0.2, 0.25) is 5.95 Å². The van der Waals surface area contributed by atoms with Gasteiger partial charge in [-0.1, -0.05) is 36.4 Å². The Morgan fingerprint density at radius 2 is 1.94 bits per heavy atom. The summed E-state index contributed by atoms with van der Waals surface area (Å²) in [6.45, 7) is 5.99. The number of piperidine rings is 1. The summed E-state index contributed by atoms with van der Waals surface area (Å²) in [6, 6.07) is 7.98. The van der Waals surface area contributed by atoms with Crippen molar-refractivity contribution in [3.63, 3.8) is 0 Å². The van der Waals surface area contributed by atoms with Crippen LogP contribution in [0.2, 0.25) is 0 Å². The zero-order valence-electron chi connectivity index (χ0n) is 20.4. The first kappa shape index (κ1) is 23.0. The van der Waals surface area contributed by atoms with Crippen LogP contribution < -0.4 is 21.9 Å². The van der Waals surface area contributed by atoms with Crippen LogP contribution in [0.1, 0.15) is 31.0 Å². The molecule has 3 aromatic heterocycles. The predicted molar refractivity (Wildman–Crippen MR) is 139 cm³/mol. The lowest BCUT2D eigenvalue weighted by Gasteiger charge is -2.31. The van der Waals surface area contributed by atoms with Crippen molar-refractivity contribution < 1.29 is 0 Å². The van der Waals surface area contributed by atoms with Crippen LogP contribution in [0.15, 0.2) is 52.2 Å². The van der Waals surface area contributed by atoms with Crippen LogP contribution in [0.5, 0.6) is 0 Å². The van der Waals surface area contributed by atoms with Gasteiger partial charge in [0.25, 0.3) is 5.56 Å². The molecule has 1 aromatic carbocycles. The number of benzene rings is 1. The molecule has 35 heavy (non-hydrogen) atoms. The Morgan fingerprint density at radius 1 is 1.17 bits per heavy atom. The van der Waals surface area contributed by atoms with Crippen LogP contribution >= 0.6 is 0 Å². The second-order valence-electron chi connectivity index (χ2n) is 9.28. The van der Waals surface area contributed by atoms with E-state index in [2.05, 4.69) is 9.88 Å². The number of hydrogen-bond acceptors (Lipinski definition) is 6. The molecule has 0 bridgehead atoms. The number of allylic oxidation sites excluding steroid dienone is 2. The molecule has 0 radical (unpaired) electrons. The van der Waals surface area contributed by atoms with Crippen molar-refractivity contribution in [3.8, 4) is 0 Å². The number of rotatable bonds is 5. The zero-order valence-corrected chi connectivity index (χ0v) is 20.4. The van der Waals surface area contributed by atoms with Gasteiger partial charge in [0.1, 0.15) is 0 Å². The van der Waals surface area contributed by atoms with Gasteiger partial charge in [-0.15, -0.1) is 0 Å². The molecule has 182 valence electrons. The summed E-state index contributed by atoms with van der Waals surface area (Å²) in [7, 11) is 1.67. The summed E-state index contributed by atoms with van der Waals surface area (Å²) in [5.41, 5.74) is 8.00. The average Bonchev–Trinajstić information content (AvgIpc) is 3.25. The monoisotopic (exact) mass is 473 g/mol. The smallest absolute Gasteiger partial charge is 0.332 e. The van der Waals surface area contributed by atoms with Gasteiger partial charge in [0, 0.05) is 44.3 Å². The summed E-state index contributed by atoms with van der Waals surface area (Å²) in [6.07, 6.45) is 7.65. The minimum Gasteiger partial charge on any atom is -0.341 e. The molecular weight excluding hydrogens is 442 g/mol. The highest BCUT2D eigenvalue weighted by Crippen LogP contribution is 2.24. The van der Waals surface area contributed by atoms with Gasteiger partial charge in [-0.05, 0) is 37.6 Å². The number of nitrogens with zero attached hydrogens (tertiary/aromatic N) is 6. The molecule has 2 N–H and O–H groups in total. The number of anilines is 1. The molecule has 4 heterocycles. The third-order valence-electron chi connectivity index (χ3n) is 6.86. The number of aryl methyl sites for hydroxylation is 2. The fourth-order valence-corrected chi connectivity index (χ4v) is 4.98. The maximum Gasteiger partial charge on any atom is 0.332 e. The van der Waals surface area contributed by atoms with E-state index in [9.17, 15) is 9.59 Å². The van der Waals surface area contributed by atoms with E-state index in [0.29, 0.717) is 35.9 Å². The quantitative estimate of drug-likeness (QED) is 0.446. The van der Waals surface area contributed by atoms with E-state index in [-0.39, 0.29) is 18.1 Å². The molecule has 1 aliphatic rings. The number of aromatic nitrogens is 5. The fraction of sp³-hybridized carbons (Fsp3) is 0.385. The van der Waals surface area contributed by atoms with Crippen molar-refractivity contribution in [2.24, 2.45) is 12.8 Å². The Balaban J connectivity index is 1.71. The summed E-state index contributed by atoms with van der Waals surface area (Å²) >= 11 is 0. The second-order valence-corrected chi connectivity index (χ2v) is 9.28. The molecule has 1 atom stereocenters. The van der Waals surface area contributed by atoms with Crippen molar-refractivity contribution in [3.05, 3.63) is 74.7 Å². The van der Waals surface area contributed by atoms with E-state index in [4.69, 9.17) is 10.7 Å². The molecule has 0 aliphatic carbocycles. The normalized spacial score (nSPS) is 16.7. The topological polar surface area (TPSA) is 104 Å². The van der Waals surface area contributed by atoms with Crippen LogP contribution in [0, 0.1) is 6.92 Å². The molecule has 5 rings (SSSR count). The molecule has 1 aliphatic heterocycles. The highest BCUT2D eigenvalue weighted by molar-refractivity contribution is 5.87. The van der Waals surface area contributed by atoms with Crippen molar-refractivity contribution in [2.45, 2.75) is 45.8 Å². The van der Waals surface area contributed by atoms with Gasteiger partial charge >= 0.3 is 5.69 Å². The minimum absolute atomic E-state index is 0.0556. The van der Waals surface area contributed by atoms with Crippen LogP contribution in [-0.4, -0.2) is 42.8 Å². The third kappa shape index (κ3) is 3.95. The number of fused-ring (bicyclic) bond motifs is 2. The number of pyridine rings is 1. The molecule has 9 heteroatoms. The number of nitrogens with two attached hydrogens (primary N) is 1. The Bertz CT molecular complexity index is 1560. The lowest BCUT2D eigenvalue weighted by Crippen LogP contribution is -2.44.